The second-order valence-corrected chi connectivity index (χ2v) is 4.37. The molecule has 0 aliphatic carbocycles. The summed E-state index contributed by atoms with van der Waals surface area (Å²) in [5.41, 5.74) is 1.28. The summed E-state index contributed by atoms with van der Waals surface area (Å²) in [6.07, 6.45) is 1.06. The molecule has 1 aliphatic heterocycles. The predicted molar refractivity (Wildman–Crippen MR) is 64.0 cm³/mol. The van der Waals surface area contributed by atoms with E-state index >= 15 is 0 Å². The van der Waals surface area contributed by atoms with Crippen LogP contribution in [0.1, 0.15) is 12.0 Å². The third-order valence-electron chi connectivity index (χ3n) is 3.00. The molecular formula is C13H18N2O. The topological polar surface area (TPSA) is 23.6 Å². The SMILES string of the molecule is CN1CCCN(Cc2ccccc2)CC1=O. The second kappa shape index (κ2) is 5.12. The Labute approximate surface area is 96.7 Å². The lowest BCUT2D eigenvalue weighted by molar-refractivity contribution is -0.129. The monoisotopic (exact) mass is 218 g/mol. The van der Waals surface area contributed by atoms with E-state index in [1.807, 2.05) is 30.1 Å². The van der Waals surface area contributed by atoms with Gasteiger partial charge in [0.1, 0.15) is 0 Å². The van der Waals surface area contributed by atoms with E-state index in [9.17, 15) is 4.79 Å². The molecule has 16 heavy (non-hydrogen) atoms. The van der Waals surface area contributed by atoms with Crippen LogP contribution in [0, 0.1) is 0 Å². The van der Waals surface area contributed by atoms with E-state index in [2.05, 4.69) is 17.0 Å². The Morgan fingerprint density at radius 2 is 1.94 bits per heavy atom. The van der Waals surface area contributed by atoms with Crippen molar-refractivity contribution in [2.45, 2.75) is 13.0 Å². The normalized spacial score (nSPS) is 18.6. The van der Waals surface area contributed by atoms with Gasteiger partial charge in [0, 0.05) is 26.7 Å². The molecule has 0 radical (unpaired) electrons. The van der Waals surface area contributed by atoms with E-state index in [0.717, 1.165) is 26.1 Å². The Kier molecular flexibility index (Phi) is 3.57. The molecule has 86 valence electrons. The zero-order valence-corrected chi connectivity index (χ0v) is 9.72. The number of benzene rings is 1. The Hall–Kier alpha value is -1.35. The molecule has 0 saturated carbocycles. The van der Waals surface area contributed by atoms with Crippen LogP contribution in [0.3, 0.4) is 0 Å². The lowest BCUT2D eigenvalue weighted by Gasteiger charge is -2.19. The van der Waals surface area contributed by atoms with Crippen LogP contribution in [-0.4, -0.2) is 42.4 Å². The molecule has 2 rings (SSSR count). The highest BCUT2D eigenvalue weighted by Crippen LogP contribution is 2.08. The van der Waals surface area contributed by atoms with Gasteiger partial charge in [0.2, 0.25) is 5.91 Å². The summed E-state index contributed by atoms with van der Waals surface area (Å²) in [5.74, 6) is 0.230. The quantitative estimate of drug-likeness (QED) is 0.748. The zero-order valence-electron chi connectivity index (χ0n) is 9.72. The molecule has 1 aromatic rings. The minimum atomic E-state index is 0.230. The smallest absolute Gasteiger partial charge is 0.236 e. The first kappa shape index (κ1) is 11.1. The van der Waals surface area contributed by atoms with Crippen LogP contribution in [0.2, 0.25) is 0 Å². The highest BCUT2D eigenvalue weighted by atomic mass is 16.2. The summed E-state index contributed by atoms with van der Waals surface area (Å²) >= 11 is 0. The fraction of sp³-hybridized carbons (Fsp3) is 0.462. The van der Waals surface area contributed by atoms with E-state index < -0.39 is 0 Å². The number of carbonyl (C=O) groups excluding carboxylic acids is 1. The van der Waals surface area contributed by atoms with Gasteiger partial charge in [0.25, 0.3) is 0 Å². The summed E-state index contributed by atoms with van der Waals surface area (Å²) in [5, 5.41) is 0. The highest BCUT2D eigenvalue weighted by molar-refractivity contribution is 5.78. The third kappa shape index (κ3) is 2.83. The summed E-state index contributed by atoms with van der Waals surface area (Å²) in [6, 6.07) is 10.3. The molecule has 0 unspecified atom stereocenters. The molecule has 3 heteroatoms. The fourth-order valence-corrected chi connectivity index (χ4v) is 2.02. The molecule has 1 saturated heterocycles. The first-order valence-electron chi connectivity index (χ1n) is 5.76. The van der Waals surface area contributed by atoms with Gasteiger partial charge in [0.05, 0.1) is 6.54 Å². The number of amides is 1. The van der Waals surface area contributed by atoms with Crippen LogP contribution in [0.5, 0.6) is 0 Å². The van der Waals surface area contributed by atoms with Crippen molar-refractivity contribution in [1.82, 2.24) is 9.80 Å². The van der Waals surface area contributed by atoms with Crippen LogP contribution >= 0.6 is 0 Å². The molecule has 3 nitrogen and oxygen atoms in total. The van der Waals surface area contributed by atoms with Gasteiger partial charge < -0.3 is 4.90 Å². The average Bonchev–Trinajstić information content (AvgIpc) is 2.43. The molecule has 1 heterocycles. The first-order valence-corrected chi connectivity index (χ1v) is 5.76. The Morgan fingerprint density at radius 1 is 1.19 bits per heavy atom. The van der Waals surface area contributed by atoms with Crippen molar-refractivity contribution in [2.75, 3.05) is 26.7 Å². The van der Waals surface area contributed by atoms with E-state index in [4.69, 9.17) is 0 Å². The summed E-state index contributed by atoms with van der Waals surface area (Å²) in [6.45, 7) is 3.31. The average molecular weight is 218 g/mol. The molecule has 0 spiro atoms. The molecule has 1 fully saturated rings. The lowest BCUT2D eigenvalue weighted by atomic mass is 10.2. The van der Waals surface area contributed by atoms with Crippen molar-refractivity contribution in [3.63, 3.8) is 0 Å². The van der Waals surface area contributed by atoms with Crippen LogP contribution in [0.15, 0.2) is 30.3 Å². The Bertz CT molecular complexity index is 350. The summed E-state index contributed by atoms with van der Waals surface area (Å²) in [7, 11) is 1.88. The standard InChI is InChI=1S/C13H18N2O/c1-14-8-5-9-15(11-13(14)16)10-12-6-3-2-4-7-12/h2-4,6-7H,5,8-11H2,1H3. The third-order valence-corrected chi connectivity index (χ3v) is 3.00. The summed E-state index contributed by atoms with van der Waals surface area (Å²) < 4.78 is 0. The second-order valence-electron chi connectivity index (χ2n) is 4.37. The predicted octanol–water partition coefficient (Wildman–Crippen LogP) is 1.35. The van der Waals surface area contributed by atoms with E-state index in [-0.39, 0.29) is 5.91 Å². The molecule has 1 amide bonds. The number of hydrogen-bond acceptors (Lipinski definition) is 2. The molecule has 0 aromatic heterocycles. The van der Waals surface area contributed by atoms with Crippen molar-refractivity contribution in [1.29, 1.82) is 0 Å². The maximum absolute atomic E-state index is 11.7. The van der Waals surface area contributed by atoms with Crippen molar-refractivity contribution < 1.29 is 4.79 Å². The van der Waals surface area contributed by atoms with Gasteiger partial charge in [-0.3, -0.25) is 9.69 Å². The van der Waals surface area contributed by atoms with Crippen LogP contribution in [0.4, 0.5) is 0 Å². The fourth-order valence-electron chi connectivity index (χ4n) is 2.02. The van der Waals surface area contributed by atoms with E-state index in [0.29, 0.717) is 6.54 Å². The molecule has 0 bridgehead atoms. The van der Waals surface area contributed by atoms with Gasteiger partial charge in [-0.05, 0) is 12.0 Å². The molecular weight excluding hydrogens is 200 g/mol. The number of hydrogen-bond donors (Lipinski definition) is 0. The molecule has 1 aliphatic rings. The minimum absolute atomic E-state index is 0.230. The van der Waals surface area contributed by atoms with E-state index in [1.165, 1.54) is 5.56 Å². The zero-order chi connectivity index (χ0) is 11.4. The van der Waals surface area contributed by atoms with Crippen molar-refractivity contribution >= 4 is 5.91 Å². The summed E-state index contributed by atoms with van der Waals surface area (Å²) in [4.78, 5) is 15.7. The van der Waals surface area contributed by atoms with Crippen molar-refractivity contribution in [2.24, 2.45) is 0 Å². The van der Waals surface area contributed by atoms with Crippen LogP contribution in [0.25, 0.3) is 0 Å². The lowest BCUT2D eigenvalue weighted by Crippen LogP contribution is -2.34. The first-order chi connectivity index (χ1) is 7.75. The van der Waals surface area contributed by atoms with Crippen LogP contribution in [-0.2, 0) is 11.3 Å². The van der Waals surface area contributed by atoms with Gasteiger partial charge in [-0.2, -0.15) is 0 Å². The van der Waals surface area contributed by atoms with Gasteiger partial charge >= 0.3 is 0 Å². The maximum Gasteiger partial charge on any atom is 0.236 e. The largest absolute Gasteiger partial charge is 0.345 e. The van der Waals surface area contributed by atoms with E-state index in [1.54, 1.807) is 0 Å². The van der Waals surface area contributed by atoms with Gasteiger partial charge in [0.15, 0.2) is 0 Å². The van der Waals surface area contributed by atoms with Crippen molar-refractivity contribution in [3.8, 4) is 0 Å². The number of rotatable bonds is 2. The van der Waals surface area contributed by atoms with Crippen molar-refractivity contribution in [3.05, 3.63) is 35.9 Å². The van der Waals surface area contributed by atoms with Gasteiger partial charge in [-0.15, -0.1) is 0 Å². The molecule has 1 aromatic carbocycles. The number of carbonyl (C=O) groups is 1. The van der Waals surface area contributed by atoms with Gasteiger partial charge in [-0.25, -0.2) is 0 Å². The van der Waals surface area contributed by atoms with Gasteiger partial charge in [-0.1, -0.05) is 30.3 Å². The Balaban J connectivity index is 1.97. The highest BCUT2D eigenvalue weighted by Gasteiger charge is 2.18. The molecule has 0 atom stereocenters. The Morgan fingerprint density at radius 3 is 2.69 bits per heavy atom. The minimum Gasteiger partial charge on any atom is -0.345 e. The number of nitrogens with zero attached hydrogens (tertiary/aromatic N) is 2. The maximum atomic E-state index is 11.7. The molecule has 0 N–H and O–H groups in total. The number of likely N-dealkylation sites (N-methyl/N-ethyl adjacent to an activating group) is 1. The van der Waals surface area contributed by atoms with Crippen LogP contribution < -0.4 is 0 Å².